The number of piperidine rings is 2. The number of rotatable bonds is 8. The fourth-order valence-corrected chi connectivity index (χ4v) is 4.72. The highest BCUT2D eigenvalue weighted by Crippen LogP contribution is 2.28. The van der Waals surface area contributed by atoms with Gasteiger partial charge in [-0.3, -0.25) is 0 Å². The van der Waals surface area contributed by atoms with E-state index in [4.69, 9.17) is 0 Å². The maximum absolute atomic E-state index is 4.56. The molecule has 0 saturated carbocycles. The molecule has 3 heterocycles. The first-order valence-corrected chi connectivity index (χ1v) is 11.5. The summed E-state index contributed by atoms with van der Waals surface area (Å²) in [5, 5.41) is 0. The summed E-state index contributed by atoms with van der Waals surface area (Å²) in [7, 11) is 0. The van der Waals surface area contributed by atoms with Gasteiger partial charge in [0.2, 0.25) is 0 Å². The number of aryl methyl sites for hydroxylation is 1. The number of hydrogen-bond acceptors (Lipinski definition) is 4. The van der Waals surface area contributed by atoms with Crippen LogP contribution in [0.2, 0.25) is 0 Å². The van der Waals surface area contributed by atoms with Crippen LogP contribution in [0.5, 0.6) is 0 Å². The highest BCUT2D eigenvalue weighted by molar-refractivity contribution is 5.13. The topological polar surface area (TPSA) is 32.3 Å². The van der Waals surface area contributed by atoms with Crippen LogP contribution in [0.4, 0.5) is 0 Å². The van der Waals surface area contributed by atoms with Crippen LogP contribution >= 0.6 is 0 Å². The normalized spacial score (nSPS) is 22.2. The molecule has 0 aromatic carbocycles. The molecule has 0 bridgehead atoms. The molecular formula is C23H40N4. The van der Waals surface area contributed by atoms with Gasteiger partial charge in [-0.15, -0.1) is 0 Å². The van der Waals surface area contributed by atoms with Gasteiger partial charge in [-0.05, 0) is 102 Å². The van der Waals surface area contributed by atoms with Gasteiger partial charge in [-0.25, -0.2) is 9.97 Å². The van der Waals surface area contributed by atoms with Crippen molar-refractivity contribution in [3.05, 3.63) is 23.8 Å². The lowest BCUT2D eigenvalue weighted by atomic mass is 9.89. The number of likely N-dealkylation sites (tertiary alicyclic amines) is 2. The molecule has 4 heteroatoms. The second-order valence-corrected chi connectivity index (χ2v) is 8.82. The molecule has 0 radical (unpaired) electrons. The maximum atomic E-state index is 4.56. The van der Waals surface area contributed by atoms with Crippen LogP contribution < -0.4 is 0 Å². The standard InChI is InChI=1S/C23H40N4/c1-4-6-23-24-17-22(18-25-23)21-10-13-26(14-11-21)12-7-20-8-15-27(16-9-20)19(3)5-2/h17-21H,4-16H2,1-3H3. The van der Waals surface area contributed by atoms with Crippen molar-refractivity contribution in [2.45, 2.75) is 84.1 Å². The van der Waals surface area contributed by atoms with Gasteiger partial charge in [0.15, 0.2) is 0 Å². The minimum Gasteiger partial charge on any atom is -0.303 e. The van der Waals surface area contributed by atoms with Crippen molar-refractivity contribution in [2.24, 2.45) is 5.92 Å². The molecular weight excluding hydrogens is 332 g/mol. The van der Waals surface area contributed by atoms with Gasteiger partial charge in [0.05, 0.1) is 0 Å². The van der Waals surface area contributed by atoms with Crippen LogP contribution in [0, 0.1) is 5.92 Å². The van der Waals surface area contributed by atoms with E-state index in [0.29, 0.717) is 5.92 Å². The van der Waals surface area contributed by atoms with E-state index in [0.717, 1.165) is 30.6 Å². The van der Waals surface area contributed by atoms with E-state index in [9.17, 15) is 0 Å². The lowest BCUT2D eigenvalue weighted by Crippen LogP contribution is -2.40. The van der Waals surface area contributed by atoms with Gasteiger partial charge < -0.3 is 9.80 Å². The number of aromatic nitrogens is 2. The van der Waals surface area contributed by atoms with Gasteiger partial charge in [0, 0.05) is 24.9 Å². The fraction of sp³-hybridized carbons (Fsp3) is 0.826. The van der Waals surface area contributed by atoms with E-state index < -0.39 is 0 Å². The molecule has 1 unspecified atom stereocenters. The third-order valence-electron chi connectivity index (χ3n) is 6.97. The van der Waals surface area contributed by atoms with Crippen molar-refractivity contribution in [1.82, 2.24) is 19.8 Å². The second kappa shape index (κ2) is 10.5. The summed E-state index contributed by atoms with van der Waals surface area (Å²) in [5.74, 6) is 2.61. The van der Waals surface area contributed by atoms with Crippen LogP contribution in [0.1, 0.15) is 83.0 Å². The molecule has 1 aromatic heterocycles. The van der Waals surface area contributed by atoms with Crippen molar-refractivity contribution in [2.75, 3.05) is 32.7 Å². The zero-order valence-corrected chi connectivity index (χ0v) is 17.9. The van der Waals surface area contributed by atoms with Gasteiger partial charge >= 0.3 is 0 Å². The first-order chi connectivity index (χ1) is 13.2. The van der Waals surface area contributed by atoms with E-state index in [1.54, 1.807) is 0 Å². The van der Waals surface area contributed by atoms with E-state index >= 15 is 0 Å². The van der Waals surface area contributed by atoms with Gasteiger partial charge in [0.1, 0.15) is 5.82 Å². The molecule has 3 rings (SSSR count). The summed E-state index contributed by atoms with van der Waals surface area (Å²) in [6.07, 6.45) is 14.3. The molecule has 0 amide bonds. The number of hydrogen-bond donors (Lipinski definition) is 0. The largest absolute Gasteiger partial charge is 0.303 e. The minimum absolute atomic E-state index is 0.663. The Kier molecular flexibility index (Phi) is 8.07. The Balaban J connectivity index is 1.35. The zero-order chi connectivity index (χ0) is 19.1. The molecule has 1 atom stereocenters. The summed E-state index contributed by atoms with van der Waals surface area (Å²) >= 11 is 0. The van der Waals surface area contributed by atoms with Crippen LogP contribution in [0.25, 0.3) is 0 Å². The van der Waals surface area contributed by atoms with Crippen LogP contribution in [-0.2, 0) is 6.42 Å². The Morgan fingerprint density at radius 2 is 1.67 bits per heavy atom. The molecule has 2 aliphatic rings. The van der Waals surface area contributed by atoms with E-state index in [-0.39, 0.29) is 0 Å². The first kappa shape index (κ1) is 20.7. The summed E-state index contributed by atoms with van der Waals surface area (Å²) < 4.78 is 0. The average Bonchev–Trinajstić information content (AvgIpc) is 2.73. The Hall–Kier alpha value is -1.00. The van der Waals surface area contributed by atoms with Crippen LogP contribution in [-0.4, -0.2) is 58.5 Å². The average molecular weight is 373 g/mol. The van der Waals surface area contributed by atoms with Gasteiger partial charge in [-0.1, -0.05) is 13.8 Å². The van der Waals surface area contributed by atoms with E-state index in [2.05, 4.69) is 52.9 Å². The summed E-state index contributed by atoms with van der Waals surface area (Å²) in [6.45, 7) is 13.3. The molecule has 0 aliphatic carbocycles. The monoisotopic (exact) mass is 372 g/mol. The quantitative estimate of drug-likeness (QED) is 0.672. The fourth-order valence-electron chi connectivity index (χ4n) is 4.72. The Morgan fingerprint density at radius 1 is 1.00 bits per heavy atom. The van der Waals surface area contributed by atoms with Gasteiger partial charge in [-0.2, -0.15) is 0 Å². The molecule has 4 nitrogen and oxygen atoms in total. The molecule has 0 N–H and O–H groups in total. The third-order valence-corrected chi connectivity index (χ3v) is 6.97. The Morgan fingerprint density at radius 3 is 2.26 bits per heavy atom. The van der Waals surface area contributed by atoms with Crippen molar-refractivity contribution in [1.29, 1.82) is 0 Å². The van der Waals surface area contributed by atoms with Crippen molar-refractivity contribution in [3.63, 3.8) is 0 Å². The molecule has 2 aliphatic heterocycles. The lowest BCUT2D eigenvalue weighted by Gasteiger charge is -2.37. The van der Waals surface area contributed by atoms with Crippen LogP contribution in [0.15, 0.2) is 12.4 Å². The molecule has 2 saturated heterocycles. The molecule has 2 fully saturated rings. The predicted molar refractivity (Wildman–Crippen MR) is 113 cm³/mol. The lowest BCUT2D eigenvalue weighted by molar-refractivity contribution is 0.122. The van der Waals surface area contributed by atoms with Gasteiger partial charge in [0.25, 0.3) is 0 Å². The molecule has 0 spiro atoms. The first-order valence-electron chi connectivity index (χ1n) is 11.5. The second-order valence-electron chi connectivity index (χ2n) is 8.82. The van der Waals surface area contributed by atoms with E-state index in [1.165, 1.54) is 76.8 Å². The summed E-state index contributed by atoms with van der Waals surface area (Å²) in [6, 6.07) is 0.769. The predicted octanol–water partition coefficient (Wildman–Crippen LogP) is 4.51. The third kappa shape index (κ3) is 5.99. The van der Waals surface area contributed by atoms with Crippen LogP contribution in [0.3, 0.4) is 0 Å². The SMILES string of the molecule is CCCc1ncc(C2CCN(CCC3CCN(C(C)CC)CC3)CC2)cn1. The molecule has 27 heavy (non-hydrogen) atoms. The molecule has 152 valence electrons. The van der Waals surface area contributed by atoms with Crippen molar-refractivity contribution >= 4 is 0 Å². The Bertz CT molecular complexity index is 528. The minimum atomic E-state index is 0.663. The number of nitrogens with zero attached hydrogens (tertiary/aromatic N) is 4. The van der Waals surface area contributed by atoms with Crippen molar-refractivity contribution < 1.29 is 0 Å². The Labute approximate surface area is 166 Å². The summed E-state index contributed by atoms with van der Waals surface area (Å²) in [5.41, 5.74) is 1.35. The van der Waals surface area contributed by atoms with E-state index in [1.807, 2.05) is 0 Å². The molecule has 1 aromatic rings. The smallest absolute Gasteiger partial charge is 0.128 e. The highest BCUT2D eigenvalue weighted by Gasteiger charge is 2.24. The maximum Gasteiger partial charge on any atom is 0.128 e. The van der Waals surface area contributed by atoms with Crippen molar-refractivity contribution in [3.8, 4) is 0 Å². The highest BCUT2D eigenvalue weighted by atomic mass is 15.2. The summed E-state index contributed by atoms with van der Waals surface area (Å²) in [4.78, 5) is 14.5. The zero-order valence-electron chi connectivity index (χ0n) is 17.9.